The van der Waals surface area contributed by atoms with Crippen molar-refractivity contribution in [3.63, 3.8) is 0 Å². The minimum Gasteiger partial charge on any atom is -0.336 e. The van der Waals surface area contributed by atoms with Gasteiger partial charge in [0.25, 0.3) is 0 Å². The molecule has 0 saturated heterocycles. The van der Waals surface area contributed by atoms with Gasteiger partial charge in [0.2, 0.25) is 5.95 Å². The van der Waals surface area contributed by atoms with Crippen LogP contribution in [0, 0.1) is 12.7 Å². The van der Waals surface area contributed by atoms with E-state index < -0.39 is 0 Å². The molecule has 94 valence electrons. The SMILES string of the molecule is Cc1ccc(Nc2nc(NN)ncc2Cl)c(F)c1. The molecular weight excluding hydrogens is 257 g/mol. The topological polar surface area (TPSA) is 75.9 Å². The summed E-state index contributed by atoms with van der Waals surface area (Å²) >= 11 is 5.91. The van der Waals surface area contributed by atoms with Gasteiger partial charge in [-0.25, -0.2) is 15.2 Å². The Morgan fingerprint density at radius 1 is 1.39 bits per heavy atom. The third kappa shape index (κ3) is 2.66. The molecule has 4 N–H and O–H groups in total. The van der Waals surface area contributed by atoms with E-state index in [0.29, 0.717) is 0 Å². The van der Waals surface area contributed by atoms with Crippen molar-refractivity contribution in [2.24, 2.45) is 5.84 Å². The Balaban J connectivity index is 2.33. The smallest absolute Gasteiger partial charge is 0.239 e. The first kappa shape index (κ1) is 12.5. The fraction of sp³-hybridized carbons (Fsp3) is 0.0909. The van der Waals surface area contributed by atoms with Crippen molar-refractivity contribution in [2.75, 3.05) is 10.7 Å². The number of rotatable bonds is 3. The Kier molecular flexibility index (Phi) is 3.59. The molecule has 18 heavy (non-hydrogen) atoms. The normalized spacial score (nSPS) is 10.2. The number of aromatic nitrogens is 2. The van der Waals surface area contributed by atoms with Crippen LogP contribution in [0.3, 0.4) is 0 Å². The highest BCUT2D eigenvalue weighted by Gasteiger charge is 2.08. The lowest BCUT2D eigenvalue weighted by Crippen LogP contribution is -2.11. The molecule has 0 bridgehead atoms. The average molecular weight is 268 g/mol. The van der Waals surface area contributed by atoms with Crippen molar-refractivity contribution in [2.45, 2.75) is 6.92 Å². The minimum absolute atomic E-state index is 0.189. The zero-order valence-corrected chi connectivity index (χ0v) is 10.3. The number of anilines is 3. The summed E-state index contributed by atoms with van der Waals surface area (Å²) in [5.74, 6) is 5.28. The van der Waals surface area contributed by atoms with E-state index in [0.717, 1.165) is 5.56 Å². The third-order valence-corrected chi connectivity index (χ3v) is 2.53. The molecule has 1 aromatic heterocycles. The maximum Gasteiger partial charge on any atom is 0.239 e. The van der Waals surface area contributed by atoms with Gasteiger partial charge in [0.15, 0.2) is 5.82 Å². The molecule has 0 aliphatic heterocycles. The average Bonchev–Trinajstić information content (AvgIpc) is 2.35. The molecule has 7 heteroatoms. The summed E-state index contributed by atoms with van der Waals surface area (Å²) in [4.78, 5) is 7.82. The van der Waals surface area contributed by atoms with Gasteiger partial charge in [0, 0.05) is 0 Å². The van der Waals surface area contributed by atoms with E-state index in [1.54, 1.807) is 19.1 Å². The van der Waals surface area contributed by atoms with E-state index in [-0.39, 0.29) is 28.3 Å². The van der Waals surface area contributed by atoms with E-state index in [1.165, 1.54) is 12.3 Å². The molecular formula is C11H11ClFN5. The van der Waals surface area contributed by atoms with Crippen molar-refractivity contribution in [3.05, 3.63) is 40.8 Å². The number of aryl methyl sites for hydroxylation is 1. The van der Waals surface area contributed by atoms with Crippen LogP contribution in [0.4, 0.5) is 21.8 Å². The Morgan fingerprint density at radius 3 is 2.83 bits per heavy atom. The summed E-state index contributed by atoms with van der Waals surface area (Å²) in [5, 5.41) is 3.06. The van der Waals surface area contributed by atoms with Gasteiger partial charge in [-0.3, -0.25) is 5.43 Å². The number of hydrazine groups is 1. The van der Waals surface area contributed by atoms with Gasteiger partial charge in [-0.05, 0) is 24.6 Å². The summed E-state index contributed by atoms with van der Waals surface area (Å²) in [6.45, 7) is 1.81. The standard InChI is InChI=1S/C11H11ClFN5/c1-6-2-3-9(8(13)4-6)16-10-7(12)5-15-11(17-10)18-14/h2-5H,14H2,1H3,(H2,15,16,17,18). The molecule has 0 fully saturated rings. The van der Waals surface area contributed by atoms with E-state index in [4.69, 9.17) is 17.4 Å². The second kappa shape index (κ2) is 5.16. The lowest BCUT2D eigenvalue weighted by molar-refractivity contribution is 0.630. The second-order valence-corrected chi connectivity index (χ2v) is 4.05. The van der Waals surface area contributed by atoms with Crippen molar-refractivity contribution in [1.29, 1.82) is 0 Å². The zero-order chi connectivity index (χ0) is 13.1. The maximum atomic E-state index is 13.7. The fourth-order valence-corrected chi connectivity index (χ4v) is 1.51. The predicted molar refractivity (Wildman–Crippen MR) is 69.3 cm³/mol. The van der Waals surface area contributed by atoms with Crippen LogP contribution in [0.1, 0.15) is 5.56 Å². The van der Waals surface area contributed by atoms with Crippen LogP contribution >= 0.6 is 11.6 Å². The van der Waals surface area contributed by atoms with E-state index in [9.17, 15) is 4.39 Å². The molecule has 0 aliphatic rings. The summed E-state index contributed by atoms with van der Waals surface area (Å²) in [6.07, 6.45) is 1.37. The van der Waals surface area contributed by atoms with Gasteiger partial charge in [-0.2, -0.15) is 4.98 Å². The summed E-state index contributed by atoms with van der Waals surface area (Å²) in [6, 6.07) is 4.81. The molecule has 1 aromatic carbocycles. The third-order valence-electron chi connectivity index (χ3n) is 2.25. The highest BCUT2D eigenvalue weighted by molar-refractivity contribution is 6.32. The minimum atomic E-state index is -0.382. The number of nitrogens with zero attached hydrogens (tertiary/aromatic N) is 2. The number of nitrogens with two attached hydrogens (primary N) is 1. The Bertz CT molecular complexity index is 575. The molecule has 0 radical (unpaired) electrons. The highest BCUT2D eigenvalue weighted by Crippen LogP contribution is 2.25. The van der Waals surface area contributed by atoms with E-state index in [2.05, 4.69) is 20.7 Å². The molecule has 0 saturated carbocycles. The molecule has 0 amide bonds. The van der Waals surface area contributed by atoms with Gasteiger partial charge < -0.3 is 5.32 Å². The summed E-state index contributed by atoms with van der Waals surface area (Å²) < 4.78 is 13.7. The van der Waals surface area contributed by atoms with Gasteiger partial charge >= 0.3 is 0 Å². The van der Waals surface area contributed by atoms with Crippen LogP contribution in [0.15, 0.2) is 24.4 Å². The van der Waals surface area contributed by atoms with Crippen LogP contribution in [-0.2, 0) is 0 Å². The molecule has 0 atom stereocenters. The van der Waals surface area contributed by atoms with Crippen LogP contribution < -0.4 is 16.6 Å². The lowest BCUT2D eigenvalue weighted by atomic mass is 10.2. The van der Waals surface area contributed by atoms with Crippen LogP contribution in [-0.4, -0.2) is 9.97 Å². The largest absolute Gasteiger partial charge is 0.336 e. The van der Waals surface area contributed by atoms with Crippen molar-refractivity contribution >= 4 is 29.1 Å². The molecule has 2 aromatic rings. The number of hydrogen-bond acceptors (Lipinski definition) is 5. The summed E-state index contributed by atoms with van der Waals surface area (Å²) in [7, 11) is 0. The number of halogens is 2. The van der Waals surface area contributed by atoms with Crippen molar-refractivity contribution < 1.29 is 4.39 Å². The Hall–Kier alpha value is -1.92. The monoisotopic (exact) mass is 267 g/mol. The molecule has 5 nitrogen and oxygen atoms in total. The number of hydrogen-bond donors (Lipinski definition) is 3. The van der Waals surface area contributed by atoms with Gasteiger partial charge in [-0.1, -0.05) is 17.7 Å². The first-order chi connectivity index (χ1) is 8.60. The Morgan fingerprint density at radius 2 is 2.17 bits per heavy atom. The molecule has 0 spiro atoms. The van der Waals surface area contributed by atoms with Crippen LogP contribution in [0.25, 0.3) is 0 Å². The molecule has 2 rings (SSSR count). The first-order valence-electron chi connectivity index (χ1n) is 5.12. The van der Waals surface area contributed by atoms with E-state index >= 15 is 0 Å². The zero-order valence-electron chi connectivity index (χ0n) is 9.54. The fourth-order valence-electron chi connectivity index (χ4n) is 1.37. The Labute approximate surface area is 108 Å². The summed E-state index contributed by atoms with van der Waals surface area (Å²) in [5.41, 5.74) is 3.40. The van der Waals surface area contributed by atoms with Gasteiger partial charge in [-0.15, -0.1) is 0 Å². The van der Waals surface area contributed by atoms with Crippen LogP contribution in [0.5, 0.6) is 0 Å². The number of nitrogens with one attached hydrogen (secondary N) is 2. The first-order valence-corrected chi connectivity index (χ1v) is 5.50. The highest BCUT2D eigenvalue weighted by atomic mass is 35.5. The maximum absolute atomic E-state index is 13.7. The molecule has 0 aliphatic carbocycles. The second-order valence-electron chi connectivity index (χ2n) is 3.64. The molecule has 0 unspecified atom stereocenters. The van der Waals surface area contributed by atoms with Crippen molar-refractivity contribution in [1.82, 2.24) is 9.97 Å². The van der Waals surface area contributed by atoms with Crippen molar-refractivity contribution in [3.8, 4) is 0 Å². The number of benzene rings is 1. The van der Waals surface area contributed by atoms with Gasteiger partial charge in [0.1, 0.15) is 10.8 Å². The van der Waals surface area contributed by atoms with Crippen LogP contribution in [0.2, 0.25) is 5.02 Å². The van der Waals surface area contributed by atoms with E-state index in [1.807, 2.05) is 0 Å². The predicted octanol–water partition coefficient (Wildman–Crippen LogP) is 2.61. The quantitative estimate of drug-likeness (QED) is 0.589. The lowest BCUT2D eigenvalue weighted by Gasteiger charge is -2.09. The van der Waals surface area contributed by atoms with Gasteiger partial charge in [0.05, 0.1) is 11.9 Å². The molecule has 1 heterocycles. The number of nitrogen functional groups attached to an aromatic ring is 1.